The number of hydrogen-bond donors (Lipinski definition) is 3. The van der Waals surface area contributed by atoms with Crippen LogP contribution in [0.2, 0.25) is 0 Å². The van der Waals surface area contributed by atoms with Crippen molar-refractivity contribution in [3.05, 3.63) is 64.7 Å². The van der Waals surface area contributed by atoms with Crippen molar-refractivity contribution in [3.63, 3.8) is 0 Å². The summed E-state index contributed by atoms with van der Waals surface area (Å²) < 4.78 is 5.37. The van der Waals surface area contributed by atoms with Crippen molar-refractivity contribution in [2.75, 3.05) is 6.54 Å². The minimum absolute atomic E-state index is 0.0117. The molecule has 144 valence electrons. The lowest BCUT2D eigenvalue weighted by atomic mass is 10.0. The van der Waals surface area contributed by atoms with E-state index < -0.39 is 12.1 Å². The quantitative estimate of drug-likeness (QED) is 0.389. The van der Waals surface area contributed by atoms with Crippen LogP contribution in [0.25, 0.3) is 0 Å². The molecular formula is C21H26NO5+. The summed E-state index contributed by atoms with van der Waals surface area (Å²) in [7, 11) is 0. The van der Waals surface area contributed by atoms with E-state index in [9.17, 15) is 19.8 Å². The highest BCUT2D eigenvalue weighted by Crippen LogP contribution is 2.25. The van der Waals surface area contributed by atoms with Crippen LogP contribution in [0.4, 0.5) is 0 Å². The van der Waals surface area contributed by atoms with Gasteiger partial charge in [-0.05, 0) is 44.5 Å². The minimum Gasteiger partial charge on any atom is -0.423 e. The van der Waals surface area contributed by atoms with Crippen LogP contribution in [-0.2, 0) is 6.61 Å². The topological polar surface area (TPSA) is 100 Å². The number of carbonyl (C=O) groups is 2. The molecule has 0 saturated carbocycles. The lowest BCUT2D eigenvalue weighted by Gasteiger charge is -2.20. The van der Waals surface area contributed by atoms with Gasteiger partial charge in [0.15, 0.2) is 6.29 Å². The monoisotopic (exact) mass is 372 g/mol. The van der Waals surface area contributed by atoms with Crippen LogP contribution in [0.1, 0.15) is 58.7 Å². The van der Waals surface area contributed by atoms with Crippen molar-refractivity contribution in [1.29, 1.82) is 0 Å². The molecule has 0 radical (unpaired) electrons. The summed E-state index contributed by atoms with van der Waals surface area (Å²) in [5, 5.41) is 22.0. The summed E-state index contributed by atoms with van der Waals surface area (Å²) in [6.07, 6.45) is -0.121. The van der Waals surface area contributed by atoms with Gasteiger partial charge < -0.3 is 20.3 Å². The molecule has 0 spiro atoms. The number of rotatable bonds is 7. The van der Waals surface area contributed by atoms with Gasteiger partial charge in [-0.1, -0.05) is 24.3 Å². The number of quaternary nitrogens is 1. The highest BCUT2D eigenvalue weighted by atomic mass is 16.5. The molecule has 0 aliphatic carbocycles. The third kappa shape index (κ3) is 5.72. The maximum absolute atomic E-state index is 12.4. The number of benzene rings is 2. The lowest BCUT2D eigenvalue weighted by Crippen LogP contribution is -2.95. The maximum atomic E-state index is 12.4. The van der Waals surface area contributed by atoms with Gasteiger partial charge in [-0.2, -0.15) is 0 Å². The molecule has 0 fully saturated rings. The van der Waals surface area contributed by atoms with Crippen LogP contribution in [-0.4, -0.2) is 34.6 Å². The molecule has 6 nitrogen and oxygen atoms in total. The number of hydrogen-bond acceptors (Lipinski definition) is 5. The van der Waals surface area contributed by atoms with Gasteiger partial charge in [-0.3, -0.25) is 4.79 Å². The SMILES string of the molecule is CC(C)(C)[NH2+]CC(O)c1ccc(OC(=O)c2ccccc2C=O)c(CO)c1. The van der Waals surface area contributed by atoms with Crippen molar-refractivity contribution in [2.24, 2.45) is 0 Å². The zero-order chi connectivity index (χ0) is 20.0. The van der Waals surface area contributed by atoms with Gasteiger partial charge in [0, 0.05) is 11.1 Å². The fourth-order valence-corrected chi connectivity index (χ4v) is 2.57. The van der Waals surface area contributed by atoms with Gasteiger partial charge in [0.05, 0.1) is 17.7 Å². The first-order valence-electron chi connectivity index (χ1n) is 8.77. The molecule has 0 aliphatic heterocycles. The Morgan fingerprint density at radius 2 is 1.93 bits per heavy atom. The first-order valence-corrected chi connectivity index (χ1v) is 8.77. The summed E-state index contributed by atoms with van der Waals surface area (Å²) in [4.78, 5) is 23.5. The zero-order valence-corrected chi connectivity index (χ0v) is 15.8. The van der Waals surface area contributed by atoms with Gasteiger partial charge in [0.1, 0.15) is 18.4 Å². The van der Waals surface area contributed by atoms with E-state index in [0.717, 1.165) is 0 Å². The Morgan fingerprint density at radius 1 is 1.22 bits per heavy atom. The predicted octanol–water partition coefficient (Wildman–Crippen LogP) is 1.61. The second-order valence-electron chi connectivity index (χ2n) is 7.44. The number of aliphatic hydroxyl groups excluding tert-OH is 2. The molecule has 2 rings (SSSR count). The summed E-state index contributed by atoms with van der Waals surface area (Å²) in [6.45, 7) is 6.29. The van der Waals surface area contributed by atoms with E-state index in [1.807, 2.05) is 5.32 Å². The Morgan fingerprint density at radius 3 is 2.56 bits per heavy atom. The molecule has 1 unspecified atom stereocenters. The summed E-state index contributed by atoms with van der Waals surface area (Å²) in [5.74, 6) is -0.485. The van der Waals surface area contributed by atoms with Crippen LogP contribution in [0, 0.1) is 0 Å². The van der Waals surface area contributed by atoms with Crippen LogP contribution in [0.15, 0.2) is 42.5 Å². The summed E-state index contributed by atoms with van der Waals surface area (Å²) in [5.41, 5.74) is 1.40. The van der Waals surface area contributed by atoms with Crippen LogP contribution >= 0.6 is 0 Å². The largest absolute Gasteiger partial charge is 0.423 e. The predicted molar refractivity (Wildman–Crippen MR) is 101 cm³/mol. The highest BCUT2D eigenvalue weighted by Gasteiger charge is 2.20. The average molecular weight is 372 g/mol. The zero-order valence-electron chi connectivity index (χ0n) is 15.8. The normalized spacial score (nSPS) is 12.5. The lowest BCUT2D eigenvalue weighted by molar-refractivity contribution is -0.722. The smallest absolute Gasteiger partial charge is 0.344 e. The molecule has 1 atom stereocenters. The first kappa shape index (κ1) is 20.8. The van der Waals surface area contributed by atoms with Crippen molar-refractivity contribution in [2.45, 2.75) is 39.0 Å². The number of esters is 1. The molecule has 0 aliphatic rings. The number of carbonyl (C=O) groups excluding carboxylic acids is 2. The molecule has 4 N–H and O–H groups in total. The molecule has 2 aromatic rings. The summed E-state index contributed by atoms with van der Waals surface area (Å²) in [6, 6.07) is 11.2. The van der Waals surface area contributed by atoms with E-state index >= 15 is 0 Å². The third-order valence-electron chi connectivity index (χ3n) is 4.10. The van der Waals surface area contributed by atoms with Gasteiger partial charge >= 0.3 is 5.97 Å². The second kappa shape index (κ2) is 8.90. The Labute approximate surface area is 158 Å². The van der Waals surface area contributed by atoms with Crippen LogP contribution in [0.5, 0.6) is 5.75 Å². The fraction of sp³-hybridized carbons (Fsp3) is 0.333. The molecular weight excluding hydrogens is 346 g/mol. The van der Waals surface area contributed by atoms with E-state index in [4.69, 9.17) is 4.74 Å². The van der Waals surface area contributed by atoms with E-state index in [0.29, 0.717) is 24.0 Å². The summed E-state index contributed by atoms with van der Waals surface area (Å²) >= 11 is 0. The van der Waals surface area contributed by atoms with Crippen molar-refractivity contribution < 1.29 is 29.9 Å². The molecule has 6 heteroatoms. The van der Waals surface area contributed by atoms with Crippen molar-refractivity contribution in [3.8, 4) is 5.75 Å². The van der Waals surface area contributed by atoms with Gasteiger partial charge in [0.25, 0.3) is 0 Å². The molecule has 0 amide bonds. The van der Waals surface area contributed by atoms with Crippen molar-refractivity contribution in [1.82, 2.24) is 0 Å². The molecule has 0 bridgehead atoms. The van der Waals surface area contributed by atoms with Crippen LogP contribution < -0.4 is 10.1 Å². The van der Waals surface area contributed by atoms with Crippen molar-refractivity contribution >= 4 is 12.3 Å². The molecule has 0 aromatic heterocycles. The third-order valence-corrected chi connectivity index (χ3v) is 4.10. The maximum Gasteiger partial charge on any atom is 0.344 e. The molecule has 0 heterocycles. The molecule has 0 saturated heterocycles. The number of ether oxygens (including phenoxy) is 1. The molecule has 27 heavy (non-hydrogen) atoms. The first-order chi connectivity index (χ1) is 12.7. The fourth-order valence-electron chi connectivity index (χ4n) is 2.57. The molecule has 2 aromatic carbocycles. The Balaban J connectivity index is 2.18. The second-order valence-corrected chi connectivity index (χ2v) is 7.44. The Bertz CT molecular complexity index is 810. The average Bonchev–Trinajstić information content (AvgIpc) is 2.65. The van der Waals surface area contributed by atoms with Crippen LogP contribution in [0.3, 0.4) is 0 Å². The number of aliphatic hydroxyl groups is 2. The van der Waals surface area contributed by atoms with E-state index in [-0.39, 0.29) is 29.0 Å². The highest BCUT2D eigenvalue weighted by molar-refractivity contribution is 5.99. The van der Waals surface area contributed by atoms with Gasteiger partial charge in [-0.15, -0.1) is 0 Å². The Kier molecular flexibility index (Phi) is 6.85. The Hall–Kier alpha value is -2.54. The number of nitrogens with two attached hydrogens (primary N) is 1. The van der Waals surface area contributed by atoms with Gasteiger partial charge in [-0.25, -0.2) is 4.79 Å². The van der Waals surface area contributed by atoms with E-state index in [1.165, 1.54) is 12.1 Å². The van der Waals surface area contributed by atoms with Gasteiger partial charge in [0.2, 0.25) is 0 Å². The minimum atomic E-state index is -0.713. The number of aldehydes is 1. The van der Waals surface area contributed by atoms with E-state index in [2.05, 4.69) is 20.8 Å². The van der Waals surface area contributed by atoms with E-state index in [1.54, 1.807) is 30.3 Å². The standard InChI is InChI=1S/C21H25NO5/c1-21(2,3)22-11-18(25)14-8-9-19(16(10-14)13-24)27-20(26)17-7-5-4-6-15(17)12-23/h4-10,12,18,22,24-25H,11,13H2,1-3H3/p+1.